The lowest BCUT2D eigenvalue weighted by Crippen LogP contribution is -2.67. The highest BCUT2D eigenvalue weighted by atomic mass is 28.4. The number of rotatable bonds is 6. The van der Waals surface area contributed by atoms with Crippen molar-refractivity contribution in [3.05, 3.63) is 84.9 Å². The molecule has 0 bridgehead atoms. The van der Waals surface area contributed by atoms with Crippen LogP contribution in [0, 0.1) is 5.92 Å². The van der Waals surface area contributed by atoms with Crippen LogP contribution in [0.25, 0.3) is 0 Å². The Kier molecular flexibility index (Phi) is 5.72. The summed E-state index contributed by atoms with van der Waals surface area (Å²) >= 11 is 0. The van der Waals surface area contributed by atoms with Crippen molar-refractivity contribution in [2.24, 2.45) is 5.92 Å². The molecule has 30 heavy (non-hydrogen) atoms. The third kappa shape index (κ3) is 3.90. The van der Waals surface area contributed by atoms with Gasteiger partial charge in [0.05, 0.1) is 0 Å². The molecule has 1 saturated heterocycles. The molecule has 4 heteroatoms. The minimum Gasteiger partial charge on any atom is -0.407 e. The summed E-state index contributed by atoms with van der Waals surface area (Å²) in [5.41, 5.74) is 7.88. The van der Waals surface area contributed by atoms with Gasteiger partial charge < -0.3 is 15.1 Å². The minimum atomic E-state index is -2.44. The van der Waals surface area contributed by atoms with Crippen LogP contribution >= 0.6 is 0 Å². The van der Waals surface area contributed by atoms with Crippen molar-refractivity contribution >= 4 is 30.1 Å². The molecule has 1 fully saturated rings. The largest absolute Gasteiger partial charge is 0.407 e. The van der Waals surface area contributed by atoms with Crippen molar-refractivity contribution < 1.29 is 4.43 Å². The van der Waals surface area contributed by atoms with Crippen LogP contribution in [0.5, 0.6) is 0 Å². The zero-order valence-electron chi connectivity index (χ0n) is 18.2. The van der Waals surface area contributed by atoms with Gasteiger partial charge in [-0.1, -0.05) is 81.4 Å². The average molecular weight is 417 g/mol. The fourth-order valence-corrected chi connectivity index (χ4v) is 9.22. The average Bonchev–Trinajstić information content (AvgIpc) is 2.71. The van der Waals surface area contributed by atoms with Gasteiger partial charge in [-0.05, 0) is 39.7 Å². The number of hydrogen-bond acceptors (Lipinski definition) is 3. The Morgan fingerprint density at radius 2 is 1.33 bits per heavy atom. The van der Waals surface area contributed by atoms with E-state index in [0.29, 0.717) is 5.92 Å². The summed E-state index contributed by atoms with van der Waals surface area (Å²) in [7, 11) is -2.44. The van der Waals surface area contributed by atoms with Gasteiger partial charge in [0, 0.05) is 37.0 Å². The molecule has 4 rings (SSSR count). The van der Waals surface area contributed by atoms with Crippen LogP contribution in [-0.4, -0.2) is 28.0 Å². The molecule has 0 aromatic heterocycles. The van der Waals surface area contributed by atoms with Gasteiger partial charge in [0.2, 0.25) is 0 Å². The van der Waals surface area contributed by atoms with Gasteiger partial charge >= 0.3 is 0 Å². The third-order valence-electron chi connectivity index (χ3n) is 6.17. The molecule has 3 nitrogen and oxygen atoms in total. The van der Waals surface area contributed by atoms with Crippen LogP contribution in [0.1, 0.15) is 20.8 Å². The molecule has 0 aliphatic carbocycles. The molecule has 0 amide bonds. The third-order valence-corrected chi connectivity index (χ3v) is 11.2. The highest BCUT2D eigenvalue weighted by Crippen LogP contribution is 2.37. The quantitative estimate of drug-likeness (QED) is 0.481. The Morgan fingerprint density at radius 3 is 1.80 bits per heavy atom. The molecular weight excluding hydrogens is 384 g/mol. The molecule has 0 spiro atoms. The predicted molar refractivity (Wildman–Crippen MR) is 130 cm³/mol. The maximum absolute atomic E-state index is 7.07. The minimum absolute atomic E-state index is 0.0239. The Morgan fingerprint density at radius 1 is 0.833 bits per heavy atom. The molecular formula is C26H32N2OSi. The zero-order chi connectivity index (χ0) is 21.2. The Labute approximate surface area is 181 Å². The second-order valence-corrected chi connectivity index (χ2v) is 13.6. The van der Waals surface area contributed by atoms with E-state index in [9.17, 15) is 0 Å². The predicted octanol–water partition coefficient (Wildman–Crippen LogP) is 4.28. The van der Waals surface area contributed by atoms with Crippen molar-refractivity contribution in [3.63, 3.8) is 0 Å². The molecule has 0 atom stereocenters. The summed E-state index contributed by atoms with van der Waals surface area (Å²) < 4.78 is 7.07. The van der Waals surface area contributed by atoms with Crippen molar-refractivity contribution in [3.8, 4) is 0 Å². The van der Waals surface area contributed by atoms with Gasteiger partial charge in [0.1, 0.15) is 0 Å². The van der Waals surface area contributed by atoms with Crippen LogP contribution in [0.3, 0.4) is 0 Å². The van der Waals surface area contributed by atoms with Gasteiger partial charge in [0.25, 0.3) is 8.32 Å². The number of nitrogen functional groups attached to an aromatic ring is 1. The maximum Gasteiger partial charge on any atom is 0.261 e. The standard InChI is InChI=1S/C26H32N2OSi/c1-26(2,3)30(24-10-6-4-7-11-24,25-12-8-5-9-13-25)29-20-21-18-28(19-21)23-16-14-22(27)15-17-23/h4-17,21H,18-20,27H2,1-3H3. The summed E-state index contributed by atoms with van der Waals surface area (Å²) in [6.45, 7) is 9.85. The van der Waals surface area contributed by atoms with Crippen molar-refractivity contribution in [2.45, 2.75) is 25.8 Å². The van der Waals surface area contributed by atoms with Crippen LogP contribution in [-0.2, 0) is 4.43 Å². The monoisotopic (exact) mass is 416 g/mol. The second-order valence-electron chi connectivity index (χ2n) is 9.34. The Bertz CT molecular complexity index is 906. The number of nitrogens with two attached hydrogens (primary N) is 1. The van der Waals surface area contributed by atoms with Gasteiger partial charge in [-0.3, -0.25) is 0 Å². The van der Waals surface area contributed by atoms with E-state index in [2.05, 4.69) is 98.5 Å². The van der Waals surface area contributed by atoms with E-state index in [4.69, 9.17) is 10.2 Å². The highest BCUT2D eigenvalue weighted by molar-refractivity contribution is 6.99. The molecule has 1 aliphatic heterocycles. The van der Waals surface area contributed by atoms with Gasteiger partial charge in [-0.25, -0.2) is 0 Å². The van der Waals surface area contributed by atoms with E-state index >= 15 is 0 Å². The summed E-state index contributed by atoms with van der Waals surface area (Å²) in [6, 6.07) is 29.9. The SMILES string of the molecule is CC(C)(C)[Si](OCC1CN(c2ccc(N)cc2)C1)(c1ccccc1)c1ccccc1. The first-order chi connectivity index (χ1) is 14.4. The summed E-state index contributed by atoms with van der Waals surface area (Å²) in [5.74, 6) is 0.546. The Balaban J connectivity index is 1.56. The lowest BCUT2D eigenvalue weighted by molar-refractivity contribution is 0.209. The molecule has 0 radical (unpaired) electrons. The maximum atomic E-state index is 7.07. The number of anilines is 2. The first-order valence-electron chi connectivity index (χ1n) is 10.8. The summed E-state index contributed by atoms with van der Waals surface area (Å²) in [6.07, 6.45) is 0. The van der Waals surface area contributed by atoms with Crippen molar-refractivity contribution in [1.29, 1.82) is 0 Å². The van der Waals surface area contributed by atoms with E-state index in [1.165, 1.54) is 16.1 Å². The number of benzene rings is 3. The lowest BCUT2D eigenvalue weighted by Gasteiger charge is -2.46. The molecule has 3 aromatic carbocycles. The van der Waals surface area contributed by atoms with Crippen LogP contribution in [0.15, 0.2) is 84.9 Å². The van der Waals surface area contributed by atoms with Crippen LogP contribution in [0.4, 0.5) is 11.4 Å². The van der Waals surface area contributed by atoms with E-state index < -0.39 is 8.32 Å². The van der Waals surface area contributed by atoms with Gasteiger partial charge in [-0.15, -0.1) is 0 Å². The molecule has 3 aromatic rings. The molecule has 0 saturated carbocycles. The van der Waals surface area contributed by atoms with Crippen molar-refractivity contribution in [1.82, 2.24) is 0 Å². The van der Waals surface area contributed by atoms with E-state index in [-0.39, 0.29) is 5.04 Å². The first-order valence-corrected chi connectivity index (χ1v) is 12.7. The van der Waals surface area contributed by atoms with Crippen LogP contribution in [0.2, 0.25) is 5.04 Å². The smallest absolute Gasteiger partial charge is 0.261 e. The molecule has 156 valence electrons. The summed E-state index contributed by atoms with van der Waals surface area (Å²) in [4.78, 5) is 2.40. The topological polar surface area (TPSA) is 38.5 Å². The molecule has 0 unspecified atom stereocenters. The lowest BCUT2D eigenvalue weighted by atomic mass is 10.0. The fraction of sp³-hybridized carbons (Fsp3) is 0.308. The first kappa shape index (κ1) is 20.7. The van der Waals surface area contributed by atoms with E-state index in [1.54, 1.807) is 0 Å². The van der Waals surface area contributed by atoms with Gasteiger partial charge in [0.15, 0.2) is 0 Å². The second kappa shape index (κ2) is 8.29. The van der Waals surface area contributed by atoms with Gasteiger partial charge in [-0.2, -0.15) is 0 Å². The number of nitrogens with zero attached hydrogens (tertiary/aromatic N) is 1. The molecule has 1 aliphatic rings. The summed E-state index contributed by atoms with van der Waals surface area (Å²) in [5, 5.41) is 2.72. The normalized spacial score (nSPS) is 15.1. The highest BCUT2D eigenvalue weighted by Gasteiger charge is 2.50. The van der Waals surface area contributed by atoms with E-state index in [1.807, 2.05) is 12.1 Å². The molecule has 2 N–H and O–H groups in total. The molecule has 1 heterocycles. The van der Waals surface area contributed by atoms with E-state index in [0.717, 1.165) is 25.4 Å². The zero-order valence-corrected chi connectivity index (χ0v) is 19.2. The fourth-order valence-electron chi connectivity index (χ4n) is 4.58. The van der Waals surface area contributed by atoms with Crippen molar-refractivity contribution in [2.75, 3.05) is 30.3 Å². The van der Waals surface area contributed by atoms with Crippen LogP contribution < -0.4 is 21.0 Å². The number of hydrogen-bond donors (Lipinski definition) is 1. The Hall–Kier alpha value is -2.56.